The van der Waals surface area contributed by atoms with Gasteiger partial charge >= 0.3 is 0 Å². The van der Waals surface area contributed by atoms with Crippen LogP contribution in [0, 0.1) is 0 Å². The van der Waals surface area contributed by atoms with Gasteiger partial charge in [0.05, 0.1) is 5.52 Å². The number of carbonyl (C=O) groups excluding carboxylic acids is 1. The third kappa shape index (κ3) is 2.73. The Morgan fingerprint density at radius 1 is 1.20 bits per heavy atom. The molecule has 3 heteroatoms. The van der Waals surface area contributed by atoms with E-state index in [1.165, 1.54) is 10.9 Å². The predicted octanol–water partition coefficient (Wildman–Crippen LogP) is 3.18. The largest absolute Gasteiger partial charge is 0.300 e. The van der Waals surface area contributed by atoms with Crippen LogP contribution in [0.1, 0.15) is 31.2 Å². The predicted molar refractivity (Wildman–Crippen MR) is 80.5 cm³/mol. The Hall–Kier alpha value is -1.74. The molecule has 0 N–H and O–H groups in total. The van der Waals surface area contributed by atoms with Gasteiger partial charge in [-0.25, -0.2) is 0 Å². The summed E-state index contributed by atoms with van der Waals surface area (Å²) in [5, 5.41) is 1.23. The van der Waals surface area contributed by atoms with Crippen LogP contribution < -0.4 is 0 Å². The molecule has 1 aliphatic rings. The third-order valence-corrected chi connectivity index (χ3v) is 4.30. The van der Waals surface area contributed by atoms with E-state index >= 15 is 0 Å². The van der Waals surface area contributed by atoms with Gasteiger partial charge in [0.15, 0.2) is 0 Å². The first kappa shape index (κ1) is 13.3. The fraction of sp³-hybridized carbons (Fsp3) is 0.412. The van der Waals surface area contributed by atoms with Crippen LogP contribution in [-0.4, -0.2) is 28.8 Å². The molecule has 104 valence electrons. The van der Waals surface area contributed by atoms with Crippen LogP contribution in [0.5, 0.6) is 0 Å². The molecule has 0 aliphatic heterocycles. The minimum atomic E-state index is 0.420. The summed E-state index contributed by atoms with van der Waals surface area (Å²) in [5.41, 5.74) is 2.37. The average Bonchev–Trinajstić information content (AvgIpc) is 2.48. The lowest BCUT2D eigenvalue weighted by Crippen LogP contribution is -2.34. The van der Waals surface area contributed by atoms with E-state index in [4.69, 9.17) is 0 Å². The van der Waals surface area contributed by atoms with Gasteiger partial charge in [-0.1, -0.05) is 18.2 Å². The molecule has 0 unspecified atom stereocenters. The zero-order valence-corrected chi connectivity index (χ0v) is 11.9. The van der Waals surface area contributed by atoms with Crippen molar-refractivity contribution < 1.29 is 4.79 Å². The van der Waals surface area contributed by atoms with Gasteiger partial charge in [-0.15, -0.1) is 0 Å². The summed E-state index contributed by atoms with van der Waals surface area (Å²) in [6.45, 7) is 0.919. The van der Waals surface area contributed by atoms with Crippen molar-refractivity contribution in [2.24, 2.45) is 0 Å². The quantitative estimate of drug-likeness (QED) is 0.857. The van der Waals surface area contributed by atoms with E-state index in [1.54, 1.807) is 0 Å². The van der Waals surface area contributed by atoms with Gasteiger partial charge in [-0.3, -0.25) is 14.7 Å². The van der Waals surface area contributed by atoms with Gasteiger partial charge in [-0.2, -0.15) is 0 Å². The van der Waals surface area contributed by atoms with E-state index in [1.807, 2.05) is 12.3 Å². The fourth-order valence-corrected chi connectivity index (χ4v) is 3.06. The van der Waals surface area contributed by atoms with Crippen molar-refractivity contribution in [3.8, 4) is 0 Å². The number of benzene rings is 1. The van der Waals surface area contributed by atoms with Crippen molar-refractivity contribution in [3.05, 3.63) is 42.1 Å². The third-order valence-electron chi connectivity index (χ3n) is 4.30. The molecule has 0 amide bonds. The molecule has 0 atom stereocenters. The highest BCUT2D eigenvalue weighted by Crippen LogP contribution is 2.23. The van der Waals surface area contributed by atoms with Crippen LogP contribution in [0.25, 0.3) is 10.9 Å². The molecule has 0 bridgehead atoms. The van der Waals surface area contributed by atoms with Crippen molar-refractivity contribution in [1.82, 2.24) is 9.88 Å². The highest BCUT2D eigenvalue weighted by molar-refractivity contribution is 5.81. The average molecular weight is 268 g/mol. The number of pyridine rings is 1. The number of rotatable bonds is 3. The molecule has 2 aromatic rings. The van der Waals surface area contributed by atoms with Gasteiger partial charge in [0.1, 0.15) is 5.78 Å². The Morgan fingerprint density at radius 2 is 1.95 bits per heavy atom. The van der Waals surface area contributed by atoms with Crippen LogP contribution >= 0.6 is 0 Å². The van der Waals surface area contributed by atoms with Gasteiger partial charge < -0.3 is 0 Å². The summed E-state index contributed by atoms with van der Waals surface area (Å²) in [7, 11) is 2.16. The summed E-state index contributed by atoms with van der Waals surface area (Å²) in [4.78, 5) is 18.1. The molecule has 1 saturated carbocycles. The van der Waals surface area contributed by atoms with Crippen LogP contribution in [0.4, 0.5) is 0 Å². The van der Waals surface area contributed by atoms with E-state index < -0.39 is 0 Å². The minimum Gasteiger partial charge on any atom is -0.300 e. The van der Waals surface area contributed by atoms with Crippen molar-refractivity contribution >= 4 is 16.7 Å². The molecule has 0 radical (unpaired) electrons. The molecule has 3 rings (SSSR count). The number of hydrogen-bond donors (Lipinski definition) is 0. The zero-order valence-electron chi connectivity index (χ0n) is 11.9. The molecule has 1 aromatic heterocycles. The normalized spacial score (nSPS) is 17.0. The van der Waals surface area contributed by atoms with E-state index in [0.29, 0.717) is 11.8 Å². The van der Waals surface area contributed by atoms with E-state index in [2.05, 4.69) is 41.2 Å². The lowest BCUT2D eigenvalue weighted by atomic mass is 9.93. The number of aromatic nitrogens is 1. The SMILES string of the molecule is CN(Cc1ccnc2ccccc12)C1CCC(=O)CC1. The summed E-state index contributed by atoms with van der Waals surface area (Å²) in [6.07, 6.45) is 5.37. The van der Waals surface area contributed by atoms with Crippen molar-refractivity contribution in [1.29, 1.82) is 0 Å². The molecule has 1 heterocycles. The highest BCUT2D eigenvalue weighted by Gasteiger charge is 2.22. The molecule has 1 aliphatic carbocycles. The van der Waals surface area contributed by atoms with Crippen LogP contribution in [0.2, 0.25) is 0 Å². The van der Waals surface area contributed by atoms with E-state index in [0.717, 1.165) is 37.7 Å². The zero-order chi connectivity index (χ0) is 13.9. The van der Waals surface area contributed by atoms with E-state index in [-0.39, 0.29) is 0 Å². The molecular formula is C17H20N2O. The topological polar surface area (TPSA) is 33.2 Å². The number of para-hydroxylation sites is 1. The number of fused-ring (bicyclic) bond motifs is 1. The Bertz CT molecular complexity index is 608. The Balaban J connectivity index is 1.77. The molecule has 20 heavy (non-hydrogen) atoms. The fourth-order valence-electron chi connectivity index (χ4n) is 3.06. The number of hydrogen-bond acceptors (Lipinski definition) is 3. The maximum Gasteiger partial charge on any atom is 0.133 e. The van der Waals surface area contributed by atoms with Crippen molar-refractivity contribution in [2.45, 2.75) is 38.3 Å². The van der Waals surface area contributed by atoms with Crippen molar-refractivity contribution in [3.63, 3.8) is 0 Å². The summed E-state index contributed by atoms with van der Waals surface area (Å²) < 4.78 is 0. The maximum absolute atomic E-state index is 11.3. The molecule has 0 saturated heterocycles. The minimum absolute atomic E-state index is 0.420. The molecular weight excluding hydrogens is 248 g/mol. The van der Waals surface area contributed by atoms with Crippen LogP contribution in [0.15, 0.2) is 36.5 Å². The first-order valence-electron chi connectivity index (χ1n) is 7.28. The van der Waals surface area contributed by atoms with Gasteiger partial charge in [0.2, 0.25) is 0 Å². The number of Topliss-reactive ketones (excluding diaryl/α,β-unsaturated/α-hetero) is 1. The molecule has 1 aromatic carbocycles. The van der Waals surface area contributed by atoms with Crippen molar-refractivity contribution in [2.75, 3.05) is 7.05 Å². The number of carbonyl (C=O) groups is 1. The lowest BCUT2D eigenvalue weighted by Gasteiger charge is -2.30. The lowest BCUT2D eigenvalue weighted by molar-refractivity contribution is -0.121. The second kappa shape index (κ2) is 5.71. The summed E-state index contributed by atoms with van der Waals surface area (Å²) >= 11 is 0. The first-order chi connectivity index (χ1) is 9.74. The smallest absolute Gasteiger partial charge is 0.133 e. The van der Waals surface area contributed by atoms with Crippen LogP contribution in [-0.2, 0) is 11.3 Å². The first-order valence-corrected chi connectivity index (χ1v) is 7.28. The standard InChI is InChI=1S/C17H20N2O/c1-19(14-6-8-15(20)9-7-14)12-13-10-11-18-17-5-3-2-4-16(13)17/h2-5,10-11,14H,6-9,12H2,1H3. The van der Waals surface area contributed by atoms with Gasteiger partial charge in [0, 0.05) is 37.0 Å². The Morgan fingerprint density at radius 3 is 2.75 bits per heavy atom. The molecule has 3 nitrogen and oxygen atoms in total. The highest BCUT2D eigenvalue weighted by atomic mass is 16.1. The summed E-state index contributed by atoms with van der Waals surface area (Å²) in [5.74, 6) is 0.420. The second-order valence-corrected chi connectivity index (χ2v) is 5.67. The Labute approximate surface area is 119 Å². The summed E-state index contributed by atoms with van der Waals surface area (Å²) in [6, 6.07) is 10.9. The molecule has 1 fully saturated rings. The molecule has 0 spiro atoms. The Kier molecular flexibility index (Phi) is 3.79. The van der Waals surface area contributed by atoms with Crippen LogP contribution in [0.3, 0.4) is 0 Å². The maximum atomic E-state index is 11.3. The monoisotopic (exact) mass is 268 g/mol. The van der Waals surface area contributed by atoms with Gasteiger partial charge in [-0.05, 0) is 37.6 Å². The second-order valence-electron chi connectivity index (χ2n) is 5.67. The van der Waals surface area contributed by atoms with E-state index in [9.17, 15) is 4.79 Å². The number of ketones is 1. The number of nitrogens with zero attached hydrogens (tertiary/aromatic N) is 2. The van der Waals surface area contributed by atoms with Gasteiger partial charge in [0.25, 0.3) is 0 Å².